The minimum atomic E-state index is -0.694. The zero-order valence-corrected chi connectivity index (χ0v) is 13.6. The first kappa shape index (κ1) is 15.7. The van der Waals surface area contributed by atoms with E-state index in [1.165, 1.54) is 10.9 Å². The van der Waals surface area contributed by atoms with E-state index in [1.807, 2.05) is 13.8 Å². The topological polar surface area (TPSA) is 120 Å². The van der Waals surface area contributed by atoms with Crippen molar-refractivity contribution in [3.05, 3.63) is 46.7 Å². The number of nitrogens with zero attached hydrogens (tertiary/aromatic N) is 2. The van der Waals surface area contributed by atoms with E-state index in [9.17, 15) is 9.90 Å². The second-order valence-corrected chi connectivity index (χ2v) is 5.69. The number of aryl methyl sites for hydroxylation is 2. The predicted octanol–water partition coefficient (Wildman–Crippen LogP) is 2.44. The van der Waals surface area contributed by atoms with Crippen LogP contribution in [0.3, 0.4) is 0 Å². The number of carbonyl (C=O) groups excluding carboxylic acids is 1. The highest BCUT2D eigenvalue weighted by atomic mass is 16.3. The van der Waals surface area contributed by atoms with E-state index >= 15 is 0 Å². The van der Waals surface area contributed by atoms with Crippen molar-refractivity contribution in [2.24, 2.45) is 5.73 Å². The Morgan fingerprint density at radius 3 is 2.50 bits per heavy atom. The lowest BCUT2D eigenvalue weighted by molar-refractivity contribution is 0.100. The lowest BCUT2D eigenvalue weighted by Crippen LogP contribution is -2.14. The van der Waals surface area contributed by atoms with Gasteiger partial charge < -0.3 is 21.0 Å². The van der Waals surface area contributed by atoms with Gasteiger partial charge in [-0.15, -0.1) is 0 Å². The fourth-order valence-corrected chi connectivity index (χ4v) is 2.77. The number of anilines is 1. The van der Waals surface area contributed by atoms with Gasteiger partial charge in [0.2, 0.25) is 0 Å². The Kier molecular flexibility index (Phi) is 3.56. The van der Waals surface area contributed by atoms with Gasteiger partial charge in [0.15, 0.2) is 5.76 Å². The van der Waals surface area contributed by atoms with Crippen molar-refractivity contribution in [3.63, 3.8) is 0 Å². The number of rotatable bonds is 3. The van der Waals surface area contributed by atoms with Crippen molar-refractivity contribution in [3.8, 4) is 22.9 Å². The SMILES string of the molecule is Cc1ccoc1-c1nn(-c2c(C)ccc(O)c2C)c(N)c1C(N)=O. The molecule has 3 rings (SSSR count). The molecule has 3 aromatic rings. The number of amides is 1. The van der Waals surface area contributed by atoms with Crippen LogP contribution in [0.4, 0.5) is 5.82 Å². The summed E-state index contributed by atoms with van der Waals surface area (Å²) in [7, 11) is 0. The Bertz CT molecular complexity index is 953. The first-order chi connectivity index (χ1) is 11.3. The van der Waals surface area contributed by atoms with Crippen molar-refractivity contribution < 1.29 is 14.3 Å². The van der Waals surface area contributed by atoms with Crippen LogP contribution in [0.15, 0.2) is 28.9 Å². The van der Waals surface area contributed by atoms with Gasteiger partial charge in [0, 0.05) is 5.56 Å². The fraction of sp³-hybridized carbons (Fsp3) is 0.176. The molecule has 0 aliphatic rings. The standard InChI is InChI=1S/C17H18N4O3/c1-8-4-5-11(22)10(3)14(8)21-16(18)12(17(19)23)13(20-21)15-9(2)6-7-24-15/h4-7,22H,18H2,1-3H3,(H2,19,23). The highest BCUT2D eigenvalue weighted by Crippen LogP contribution is 2.34. The number of phenolic OH excluding ortho intramolecular Hbond substituents is 1. The summed E-state index contributed by atoms with van der Waals surface area (Å²) in [5, 5.41) is 14.5. The number of nitrogen functional groups attached to an aromatic ring is 1. The molecule has 0 aliphatic heterocycles. The molecule has 0 fully saturated rings. The minimum absolute atomic E-state index is 0.0928. The van der Waals surface area contributed by atoms with E-state index in [0.717, 1.165) is 11.1 Å². The third-order valence-corrected chi connectivity index (χ3v) is 4.06. The number of hydrogen-bond acceptors (Lipinski definition) is 5. The molecule has 7 heteroatoms. The van der Waals surface area contributed by atoms with Crippen LogP contribution < -0.4 is 11.5 Å². The maximum absolute atomic E-state index is 11.9. The summed E-state index contributed by atoms with van der Waals surface area (Å²) in [5.74, 6) is -0.0447. The molecule has 24 heavy (non-hydrogen) atoms. The smallest absolute Gasteiger partial charge is 0.254 e. The molecule has 2 aromatic heterocycles. The maximum Gasteiger partial charge on any atom is 0.254 e. The van der Waals surface area contributed by atoms with Crippen molar-refractivity contribution in [2.45, 2.75) is 20.8 Å². The summed E-state index contributed by atoms with van der Waals surface area (Å²) in [6.07, 6.45) is 1.51. The molecule has 0 aliphatic carbocycles. The van der Waals surface area contributed by atoms with Gasteiger partial charge in [-0.3, -0.25) is 4.79 Å². The summed E-state index contributed by atoms with van der Waals surface area (Å²) in [4.78, 5) is 11.9. The molecule has 5 N–H and O–H groups in total. The van der Waals surface area contributed by atoms with Crippen molar-refractivity contribution in [2.75, 3.05) is 5.73 Å². The molecule has 1 aromatic carbocycles. The van der Waals surface area contributed by atoms with Gasteiger partial charge in [-0.2, -0.15) is 5.10 Å². The summed E-state index contributed by atoms with van der Waals surface area (Å²) in [6.45, 7) is 5.45. The van der Waals surface area contributed by atoms with E-state index in [2.05, 4.69) is 5.10 Å². The number of aromatic hydroxyl groups is 1. The number of hydrogen-bond donors (Lipinski definition) is 3. The van der Waals surface area contributed by atoms with Crippen molar-refractivity contribution in [1.29, 1.82) is 0 Å². The molecule has 1 amide bonds. The van der Waals surface area contributed by atoms with E-state index < -0.39 is 5.91 Å². The number of nitrogens with two attached hydrogens (primary N) is 2. The molecule has 0 spiro atoms. The van der Waals surface area contributed by atoms with E-state index in [1.54, 1.807) is 25.1 Å². The Morgan fingerprint density at radius 1 is 1.21 bits per heavy atom. The van der Waals surface area contributed by atoms with E-state index in [4.69, 9.17) is 15.9 Å². The van der Waals surface area contributed by atoms with E-state index in [-0.39, 0.29) is 22.8 Å². The largest absolute Gasteiger partial charge is 0.508 e. The van der Waals surface area contributed by atoms with Crippen LogP contribution >= 0.6 is 0 Å². The van der Waals surface area contributed by atoms with Crippen LogP contribution in [0, 0.1) is 20.8 Å². The number of benzene rings is 1. The molecule has 0 radical (unpaired) electrons. The molecule has 0 atom stereocenters. The highest BCUT2D eigenvalue weighted by molar-refractivity contribution is 6.03. The number of phenols is 1. The Balaban J connectivity index is 2.35. The number of carbonyl (C=O) groups is 1. The van der Waals surface area contributed by atoms with Crippen molar-refractivity contribution >= 4 is 11.7 Å². The van der Waals surface area contributed by atoms with Crippen LogP contribution in [0.25, 0.3) is 17.1 Å². The predicted molar refractivity (Wildman–Crippen MR) is 90.1 cm³/mol. The molecule has 0 bridgehead atoms. The molecular formula is C17H18N4O3. The van der Waals surface area contributed by atoms with Crippen LogP contribution in [0.1, 0.15) is 27.0 Å². The number of primary amides is 1. The summed E-state index contributed by atoms with van der Waals surface area (Å²) >= 11 is 0. The first-order valence-corrected chi connectivity index (χ1v) is 7.35. The van der Waals surface area contributed by atoms with Crippen LogP contribution in [0.2, 0.25) is 0 Å². The summed E-state index contributed by atoms with van der Waals surface area (Å²) in [6, 6.07) is 5.11. The molecular weight excluding hydrogens is 308 g/mol. The van der Waals surface area contributed by atoms with Crippen molar-refractivity contribution in [1.82, 2.24) is 9.78 Å². The molecule has 124 valence electrons. The Morgan fingerprint density at radius 2 is 1.92 bits per heavy atom. The normalized spacial score (nSPS) is 11.0. The highest BCUT2D eigenvalue weighted by Gasteiger charge is 2.26. The van der Waals surface area contributed by atoms with Gasteiger partial charge in [0.25, 0.3) is 5.91 Å². The lowest BCUT2D eigenvalue weighted by atomic mass is 10.1. The first-order valence-electron chi connectivity index (χ1n) is 7.35. The monoisotopic (exact) mass is 326 g/mol. The van der Waals surface area contributed by atoms with Crippen LogP contribution in [0.5, 0.6) is 5.75 Å². The van der Waals surface area contributed by atoms with Gasteiger partial charge in [-0.05, 0) is 44.0 Å². The number of furan rings is 1. The summed E-state index contributed by atoms with van der Waals surface area (Å²) < 4.78 is 6.86. The van der Waals surface area contributed by atoms with Gasteiger partial charge >= 0.3 is 0 Å². The molecule has 7 nitrogen and oxygen atoms in total. The third-order valence-electron chi connectivity index (χ3n) is 4.06. The van der Waals surface area contributed by atoms with E-state index in [0.29, 0.717) is 17.0 Å². The lowest BCUT2D eigenvalue weighted by Gasteiger charge is -2.12. The van der Waals surface area contributed by atoms with Gasteiger partial charge in [0.05, 0.1) is 12.0 Å². The third kappa shape index (κ3) is 2.21. The minimum Gasteiger partial charge on any atom is -0.508 e. The van der Waals surface area contributed by atoms with Crippen LogP contribution in [-0.2, 0) is 0 Å². The summed E-state index contributed by atoms with van der Waals surface area (Å²) in [5.41, 5.74) is 14.9. The Hall–Kier alpha value is -3.22. The molecule has 0 unspecified atom stereocenters. The fourth-order valence-electron chi connectivity index (χ4n) is 2.77. The zero-order chi connectivity index (χ0) is 17.6. The van der Waals surface area contributed by atoms with Gasteiger partial charge in [-0.1, -0.05) is 6.07 Å². The van der Waals surface area contributed by atoms with Gasteiger partial charge in [0.1, 0.15) is 22.8 Å². The maximum atomic E-state index is 11.9. The average Bonchev–Trinajstić information content (AvgIpc) is 3.07. The second kappa shape index (κ2) is 5.45. The Labute approximate surface area is 138 Å². The zero-order valence-electron chi connectivity index (χ0n) is 13.6. The van der Waals surface area contributed by atoms with Crippen LogP contribution in [-0.4, -0.2) is 20.8 Å². The average molecular weight is 326 g/mol. The molecule has 2 heterocycles. The molecule has 0 saturated heterocycles. The quantitative estimate of drug-likeness (QED) is 0.682. The second-order valence-electron chi connectivity index (χ2n) is 5.69. The van der Waals surface area contributed by atoms with Gasteiger partial charge in [-0.25, -0.2) is 4.68 Å². The molecule has 0 saturated carbocycles. The number of aromatic nitrogens is 2.